The molecule has 1 atom stereocenters. The Bertz CT molecular complexity index is 1230. The van der Waals surface area contributed by atoms with Crippen molar-refractivity contribution in [3.05, 3.63) is 83.0 Å². The average Bonchev–Trinajstić information content (AvgIpc) is 2.94. The monoisotopic (exact) mass is 580 g/mol. The first-order valence-electron chi connectivity index (χ1n) is 14.6. The van der Waals surface area contributed by atoms with E-state index in [0.29, 0.717) is 54.6 Å². The third kappa shape index (κ3) is 6.83. The molecule has 0 bridgehead atoms. The number of hydrogen-bond acceptors (Lipinski definition) is 1. The van der Waals surface area contributed by atoms with E-state index in [0.717, 1.165) is 62.6 Å². The molecule has 0 radical (unpaired) electrons. The van der Waals surface area contributed by atoms with Crippen LogP contribution in [0, 0.1) is 41.0 Å². The van der Waals surface area contributed by atoms with E-state index in [4.69, 9.17) is 0 Å². The minimum atomic E-state index is -5.18. The van der Waals surface area contributed by atoms with Crippen LogP contribution in [-0.4, -0.2) is 6.36 Å². The van der Waals surface area contributed by atoms with Gasteiger partial charge in [0.25, 0.3) is 0 Å². The number of rotatable bonds is 6. The van der Waals surface area contributed by atoms with Crippen molar-refractivity contribution in [1.29, 1.82) is 0 Å². The minimum absolute atomic E-state index is 0.0812. The van der Waals surface area contributed by atoms with E-state index >= 15 is 8.78 Å². The van der Waals surface area contributed by atoms with Gasteiger partial charge in [-0.1, -0.05) is 12.2 Å². The van der Waals surface area contributed by atoms with Crippen LogP contribution in [0.2, 0.25) is 0 Å². The lowest BCUT2D eigenvalue weighted by Gasteiger charge is -2.36. The molecule has 222 valence electrons. The molecule has 0 aliphatic heterocycles. The molecular weight excluding hydrogens is 545 g/mol. The highest BCUT2D eigenvalue weighted by molar-refractivity contribution is 5.67. The molecule has 2 aromatic rings. The summed E-state index contributed by atoms with van der Waals surface area (Å²) in [7, 11) is 0. The second-order valence-corrected chi connectivity index (χ2v) is 11.9. The standard InChI is InChI=1S/C33H35F7O/c1-2-19-3-5-22(6-4-19)25-15-27(34)31(28(35)16-25)24-13-11-21(12-14-24)20-7-9-23(10-8-20)26-17-29(36)32(30(37)18-26)41-33(38,39)40/h2,13,15-23H,1,3-12,14H2. The molecule has 1 nitrogen and oxygen atoms in total. The molecular formula is C33H35F7O. The second kappa shape index (κ2) is 12.2. The van der Waals surface area contributed by atoms with Crippen LogP contribution in [0.5, 0.6) is 5.75 Å². The molecule has 2 fully saturated rings. The van der Waals surface area contributed by atoms with Crippen LogP contribution in [-0.2, 0) is 0 Å². The van der Waals surface area contributed by atoms with E-state index < -0.39 is 35.4 Å². The van der Waals surface area contributed by atoms with E-state index in [2.05, 4.69) is 11.3 Å². The molecule has 0 spiro atoms. The molecule has 41 heavy (non-hydrogen) atoms. The summed E-state index contributed by atoms with van der Waals surface area (Å²) in [5, 5.41) is 0. The third-order valence-electron chi connectivity index (χ3n) is 9.56. The van der Waals surface area contributed by atoms with Gasteiger partial charge in [-0.2, -0.15) is 0 Å². The van der Waals surface area contributed by atoms with Crippen LogP contribution in [0.15, 0.2) is 43.0 Å². The quantitative estimate of drug-likeness (QED) is 0.244. The zero-order valence-electron chi connectivity index (χ0n) is 22.9. The highest BCUT2D eigenvalue weighted by Crippen LogP contribution is 2.45. The summed E-state index contributed by atoms with van der Waals surface area (Å²) < 4.78 is 99.6. The van der Waals surface area contributed by atoms with E-state index in [1.807, 2.05) is 12.2 Å². The Kier molecular flexibility index (Phi) is 8.86. The van der Waals surface area contributed by atoms with E-state index in [9.17, 15) is 22.0 Å². The van der Waals surface area contributed by atoms with Gasteiger partial charge >= 0.3 is 6.36 Å². The van der Waals surface area contributed by atoms with Crippen LogP contribution in [0.25, 0.3) is 5.57 Å². The van der Waals surface area contributed by atoms with E-state index in [-0.39, 0.29) is 17.4 Å². The maximum Gasteiger partial charge on any atom is 0.573 e. The van der Waals surface area contributed by atoms with Gasteiger partial charge in [-0.25, -0.2) is 17.6 Å². The Balaban J connectivity index is 1.18. The Labute approximate surface area is 236 Å². The number of ether oxygens (including phenoxy) is 1. The van der Waals surface area contributed by atoms with Crippen LogP contribution in [0.3, 0.4) is 0 Å². The van der Waals surface area contributed by atoms with Crippen molar-refractivity contribution in [2.75, 3.05) is 0 Å². The molecule has 3 aliphatic carbocycles. The molecule has 0 amide bonds. The smallest absolute Gasteiger partial charge is 0.399 e. The Hall–Kier alpha value is -2.77. The van der Waals surface area contributed by atoms with Gasteiger partial charge in [0.1, 0.15) is 11.6 Å². The van der Waals surface area contributed by atoms with Gasteiger partial charge in [0.2, 0.25) is 5.75 Å². The number of hydrogen-bond donors (Lipinski definition) is 0. The summed E-state index contributed by atoms with van der Waals surface area (Å²) in [5.74, 6) is -3.94. The van der Waals surface area contributed by atoms with Crippen molar-refractivity contribution in [2.45, 2.75) is 88.8 Å². The summed E-state index contributed by atoms with van der Waals surface area (Å²) in [6.45, 7) is 3.86. The fourth-order valence-electron chi connectivity index (χ4n) is 7.29. The summed E-state index contributed by atoms with van der Waals surface area (Å²) in [6.07, 6.45) is 7.59. The Morgan fingerprint density at radius 2 is 1.20 bits per heavy atom. The van der Waals surface area contributed by atoms with Crippen molar-refractivity contribution in [2.24, 2.45) is 17.8 Å². The fraction of sp³-hybridized carbons (Fsp3) is 0.515. The lowest BCUT2D eigenvalue weighted by atomic mass is 9.70. The molecule has 1 unspecified atom stereocenters. The number of alkyl halides is 3. The molecule has 0 N–H and O–H groups in total. The van der Waals surface area contributed by atoms with Gasteiger partial charge < -0.3 is 4.74 Å². The molecule has 5 rings (SSSR count). The first kappa shape index (κ1) is 29.7. The summed E-state index contributed by atoms with van der Waals surface area (Å²) in [4.78, 5) is 0. The van der Waals surface area contributed by atoms with E-state index in [1.165, 1.54) is 12.1 Å². The van der Waals surface area contributed by atoms with Crippen molar-refractivity contribution in [3.8, 4) is 5.75 Å². The SMILES string of the molecule is C=CC1CCC(c2cc(F)c(C3=CCC(C4CCC(c5cc(F)c(OC(F)(F)F)c(F)c5)CC4)CC3)c(F)c2)CC1. The topological polar surface area (TPSA) is 9.23 Å². The van der Waals surface area contributed by atoms with Crippen LogP contribution >= 0.6 is 0 Å². The zero-order chi connectivity index (χ0) is 29.3. The van der Waals surface area contributed by atoms with Gasteiger partial charge in [-0.05, 0) is 141 Å². The normalized spacial score (nSPS) is 27.3. The molecule has 2 aromatic carbocycles. The van der Waals surface area contributed by atoms with Crippen molar-refractivity contribution in [3.63, 3.8) is 0 Å². The van der Waals surface area contributed by atoms with Crippen LogP contribution < -0.4 is 4.74 Å². The van der Waals surface area contributed by atoms with Gasteiger partial charge in [-0.3, -0.25) is 0 Å². The van der Waals surface area contributed by atoms with Crippen LogP contribution in [0.1, 0.15) is 99.2 Å². The van der Waals surface area contributed by atoms with Gasteiger partial charge in [0.05, 0.1) is 0 Å². The van der Waals surface area contributed by atoms with Gasteiger partial charge in [0.15, 0.2) is 11.6 Å². The molecule has 3 aliphatic rings. The van der Waals surface area contributed by atoms with Crippen molar-refractivity contribution in [1.82, 2.24) is 0 Å². The lowest BCUT2D eigenvalue weighted by Crippen LogP contribution is -2.23. The lowest BCUT2D eigenvalue weighted by molar-refractivity contribution is -0.276. The van der Waals surface area contributed by atoms with Gasteiger partial charge in [-0.15, -0.1) is 19.8 Å². The predicted octanol–water partition coefficient (Wildman–Crippen LogP) is 10.8. The summed E-state index contributed by atoms with van der Waals surface area (Å²) in [6, 6.07) is 4.90. The Morgan fingerprint density at radius 1 is 0.683 bits per heavy atom. The minimum Gasteiger partial charge on any atom is -0.399 e. The average molecular weight is 581 g/mol. The maximum absolute atomic E-state index is 15.2. The second-order valence-electron chi connectivity index (χ2n) is 11.9. The number of allylic oxidation sites excluding steroid dienone is 3. The first-order valence-corrected chi connectivity index (χ1v) is 14.6. The first-order chi connectivity index (χ1) is 19.5. The fourth-order valence-corrected chi connectivity index (χ4v) is 7.29. The summed E-state index contributed by atoms with van der Waals surface area (Å²) >= 11 is 0. The molecule has 2 saturated carbocycles. The molecule has 0 aromatic heterocycles. The predicted molar refractivity (Wildman–Crippen MR) is 144 cm³/mol. The van der Waals surface area contributed by atoms with Crippen molar-refractivity contribution >= 4 is 5.57 Å². The van der Waals surface area contributed by atoms with E-state index in [1.54, 1.807) is 0 Å². The summed E-state index contributed by atoms with van der Waals surface area (Å²) in [5.41, 5.74) is 1.86. The van der Waals surface area contributed by atoms with Gasteiger partial charge in [0, 0.05) is 5.56 Å². The van der Waals surface area contributed by atoms with Crippen molar-refractivity contribution < 1.29 is 35.5 Å². The molecule has 8 heteroatoms. The number of halogens is 7. The molecule has 0 heterocycles. The Morgan fingerprint density at radius 3 is 1.66 bits per heavy atom. The van der Waals surface area contributed by atoms with Crippen LogP contribution in [0.4, 0.5) is 30.7 Å². The third-order valence-corrected chi connectivity index (χ3v) is 9.56. The highest BCUT2D eigenvalue weighted by atomic mass is 19.4. The number of benzene rings is 2. The largest absolute Gasteiger partial charge is 0.573 e. The molecule has 0 saturated heterocycles. The maximum atomic E-state index is 15.2. The highest BCUT2D eigenvalue weighted by Gasteiger charge is 2.35. The zero-order valence-corrected chi connectivity index (χ0v) is 22.9.